The van der Waals surface area contributed by atoms with Crippen LogP contribution in [-0.2, 0) is 0 Å². The molecular weight excluding hydrogens is 118 g/mol. The van der Waals surface area contributed by atoms with Gasteiger partial charge in [0.25, 0.3) is 0 Å². The van der Waals surface area contributed by atoms with Crippen LogP contribution in [0, 0.1) is 0 Å². The Morgan fingerprint density at radius 1 is 1.25 bits per heavy atom. The summed E-state index contributed by atoms with van der Waals surface area (Å²) >= 11 is 4.26. The van der Waals surface area contributed by atoms with E-state index in [1.54, 1.807) is 0 Å². The lowest BCUT2D eigenvalue weighted by atomic mass is 10.3. The highest BCUT2D eigenvalue weighted by molar-refractivity contribution is 7.80. The van der Waals surface area contributed by atoms with E-state index < -0.39 is 0 Å². The molecule has 0 amide bonds. The summed E-state index contributed by atoms with van der Waals surface area (Å²) in [5, 5.41) is 0.370. The summed E-state index contributed by atoms with van der Waals surface area (Å²) in [6.07, 6.45) is 0. The van der Waals surface area contributed by atoms with Gasteiger partial charge in [-0.1, -0.05) is 0 Å². The van der Waals surface area contributed by atoms with Crippen LogP contribution in [0.2, 0.25) is 0 Å². The van der Waals surface area contributed by atoms with E-state index in [0.717, 1.165) is 0 Å². The SMILES string of the molecule is CC(C)N(C)C(C)S. The third-order valence-electron chi connectivity index (χ3n) is 1.40. The maximum atomic E-state index is 4.26. The molecule has 0 N–H and O–H groups in total. The maximum Gasteiger partial charge on any atom is 0.0498 e. The van der Waals surface area contributed by atoms with Crippen molar-refractivity contribution in [2.45, 2.75) is 32.2 Å². The van der Waals surface area contributed by atoms with E-state index in [0.29, 0.717) is 11.4 Å². The predicted octanol–water partition coefficient (Wildman–Crippen LogP) is 1.60. The molecule has 1 atom stereocenters. The number of hydrogen-bond donors (Lipinski definition) is 1. The van der Waals surface area contributed by atoms with Crippen molar-refractivity contribution in [2.75, 3.05) is 7.05 Å². The highest BCUT2D eigenvalue weighted by Gasteiger charge is 2.05. The zero-order valence-corrected chi connectivity index (χ0v) is 6.94. The van der Waals surface area contributed by atoms with Gasteiger partial charge in [0.05, 0.1) is 0 Å². The van der Waals surface area contributed by atoms with Crippen LogP contribution in [-0.4, -0.2) is 23.4 Å². The van der Waals surface area contributed by atoms with Gasteiger partial charge in [-0.05, 0) is 27.8 Å². The lowest BCUT2D eigenvalue weighted by Gasteiger charge is -2.24. The van der Waals surface area contributed by atoms with Crippen molar-refractivity contribution < 1.29 is 0 Å². The minimum Gasteiger partial charge on any atom is -0.293 e. The Balaban J connectivity index is 3.46. The molecule has 0 saturated heterocycles. The molecule has 0 rings (SSSR count). The van der Waals surface area contributed by atoms with Crippen molar-refractivity contribution in [3.05, 3.63) is 0 Å². The standard InChI is InChI=1S/C6H15NS/c1-5(2)7(4)6(3)8/h5-6,8H,1-4H3. The molecule has 8 heavy (non-hydrogen) atoms. The van der Waals surface area contributed by atoms with Gasteiger partial charge in [-0.25, -0.2) is 0 Å². The van der Waals surface area contributed by atoms with Gasteiger partial charge < -0.3 is 0 Å². The zero-order chi connectivity index (χ0) is 6.73. The van der Waals surface area contributed by atoms with Crippen LogP contribution >= 0.6 is 12.6 Å². The van der Waals surface area contributed by atoms with Crippen molar-refractivity contribution in [3.63, 3.8) is 0 Å². The Bertz CT molecular complexity index is 53.5. The van der Waals surface area contributed by atoms with Gasteiger partial charge >= 0.3 is 0 Å². The highest BCUT2D eigenvalue weighted by Crippen LogP contribution is 2.03. The lowest BCUT2D eigenvalue weighted by Crippen LogP contribution is -2.31. The van der Waals surface area contributed by atoms with Gasteiger partial charge in [0.2, 0.25) is 0 Å². The molecule has 1 nitrogen and oxygen atoms in total. The molecule has 0 aliphatic heterocycles. The highest BCUT2D eigenvalue weighted by atomic mass is 32.1. The Morgan fingerprint density at radius 2 is 1.62 bits per heavy atom. The average molecular weight is 133 g/mol. The van der Waals surface area contributed by atoms with Crippen LogP contribution in [0.4, 0.5) is 0 Å². The zero-order valence-electron chi connectivity index (χ0n) is 6.05. The third-order valence-corrected chi connectivity index (χ3v) is 1.77. The molecular formula is C6H15NS. The second-order valence-corrected chi connectivity index (χ2v) is 3.14. The van der Waals surface area contributed by atoms with E-state index >= 15 is 0 Å². The molecule has 0 aliphatic carbocycles. The summed E-state index contributed by atoms with van der Waals surface area (Å²) in [5.74, 6) is 0. The molecule has 2 heteroatoms. The minimum atomic E-state index is 0.370. The predicted molar refractivity (Wildman–Crippen MR) is 41.3 cm³/mol. The molecule has 0 aromatic heterocycles. The van der Waals surface area contributed by atoms with E-state index in [2.05, 4.69) is 45.3 Å². The van der Waals surface area contributed by atoms with Crippen LogP contribution in [0.25, 0.3) is 0 Å². The van der Waals surface area contributed by atoms with E-state index in [1.807, 2.05) is 0 Å². The first-order valence-electron chi connectivity index (χ1n) is 2.95. The van der Waals surface area contributed by atoms with Gasteiger partial charge in [0, 0.05) is 11.4 Å². The fourth-order valence-corrected chi connectivity index (χ4v) is 0.698. The average Bonchev–Trinajstić information content (AvgIpc) is 1.64. The lowest BCUT2D eigenvalue weighted by molar-refractivity contribution is 0.268. The van der Waals surface area contributed by atoms with Gasteiger partial charge in [-0.15, -0.1) is 0 Å². The summed E-state index contributed by atoms with van der Waals surface area (Å²) in [6, 6.07) is 0.600. The van der Waals surface area contributed by atoms with Crippen molar-refractivity contribution in [2.24, 2.45) is 0 Å². The third kappa shape index (κ3) is 2.58. The first-order chi connectivity index (χ1) is 3.55. The van der Waals surface area contributed by atoms with Crippen molar-refractivity contribution in [1.29, 1.82) is 0 Å². The van der Waals surface area contributed by atoms with E-state index in [-0.39, 0.29) is 0 Å². The van der Waals surface area contributed by atoms with Gasteiger partial charge in [-0.3, -0.25) is 4.90 Å². The second kappa shape index (κ2) is 3.36. The van der Waals surface area contributed by atoms with Crippen LogP contribution in [0.3, 0.4) is 0 Å². The van der Waals surface area contributed by atoms with E-state index in [4.69, 9.17) is 0 Å². The van der Waals surface area contributed by atoms with Crippen molar-refractivity contribution in [3.8, 4) is 0 Å². The largest absolute Gasteiger partial charge is 0.293 e. The van der Waals surface area contributed by atoms with Crippen molar-refractivity contribution >= 4 is 12.6 Å². The van der Waals surface area contributed by atoms with E-state index in [9.17, 15) is 0 Å². The maximum absolute atomic E-state index is 4.26. The molecule has 0 fully saturated rings. The molecule has 1 unspecified atom stereocenters. The molecule has 0 bridgehead atoms. The van der Waals surface area contributed by atoms with Crippen LogP contribution < -0.4 is 0 Å². The molecule has 0 spiro atoms. The van der Waals surface area contributed by atoms with Gasteiger partial charge in [0.15, 0.2) is 0 Å². The van der Waals surface area contributed by atoms with Crippen LogP contribution in [0.15, 0.2) is 0 Å². The molecule has 0 radical (unpaired) electrons. The fraction of sp³-hybridized carbons (Fsp3) is 1.00. The fourth-order valence-electron chi connectivity index (χ4n) is 0.431. The smallest absolute Gasteiger partial charge is 0.0498 e. The Morgan fingerprint density at radius 3 is 1.62 bits per heavy atom. The number of nitrogens with zero attached hydrogens (tertiary/aromatic N) is 1. The number of rotatable bonds is 2. The molecule has 50 valence electrons. The normalized spacial score (nSPS) is 15.4. The van der Waals surface area contributed by atoms with Crippen LogP contribution in [0.1, 0.15) is 20.8 Å². The number of hydrogen-bond acceptors (Lipinski definition) is 2. The summed E-state index contributed by atoms with van der Waals surface area (Å²) in [6.45, 7) is 6.39. The van der Waals surface area contributed by atoms with Gasteiger partial charge in [-0.2, -0.15) is 12.6 Å². The minimum absolute atomic E-state index is 0.370. The summed E-state index contributed by atoms with van der Waals surface area (Å²) in [5.41, 5.74) is 0. The molecule has 0 heterocycles. The molecule has 0 aliphatic rings. The number of thiol groups is 1. The first kappa shape index (κ1) is 8.31. The Labute approximate surface area is 57.5 Å². The van der Waals surface area contributed by atoms with Crippen molar-refractivity contribution in [1.82, 2.24) is 4.90 Å². The topological polar surface area (TPSA) is 3.24 Å². The van der Waals surface area contributed by atoms with Crippen LogP contribution in [0.5, 0.6) is 0 Å². The summed E-state index contributed by atoms with van der Waals surface area (Å²) < 4.78 is 0. The second-order valence-electron chi connectivity index (χ2n) is 2.39. The monoisotopic (exact) mass is 133 g/mol. The van der Waals surface area contributed by atoms with E-state index in [1.165, 1.54) is 0 Å². The first-order valence-corrected chi connectivity index (χ1v) is 3.47. The quantitative estimate of drug-likeness (QED) is 0.442. The molecule has 0 saturated carbocycles. The summed E-state index contributed by atoms with van der Waals surface area (Å²) in [4.78, 5) is 2.20. The van der Waals surface area contributed by atoms with Gasteiger partial charge in [0.1, 0.15) is 0 Å². The summed E-state index contributed by atoms with van der Waals surface area (Å²) in [7, 11) is 2.07. The molecule has 0 aromatic rings. The Kier molecular flexibility index (Phi) is 3.49. The Hall–Kier alpha value is 0.310. The molecule has 0 aromatic carbocycles.